The molecule has 0 aliphatic heterocycles. The molecule has 0 unspecified atom stereocenters. The molecular formula is C28H42O5. The summed E-state index contributed by atoms with van der Waals surface area (Å²) in [6, 6.07) is 3.61. The van der Waals surface area contributed by atoms with Gasteiger partial charge in [0.1, 0.15) is 23.1 Å². The first-order chi connectivity index (χ1) is 15.2. The summed E-state index contributed by atoms with van der Waals surface area (Å²) < 4.78 is 5.29. The van der Waals surface area contributed by atoms with Gasteiger partial charge in [-0.3, -0.25) is 9.59 Å². The molecule has 0 heterocycles. The van der Waals surface area contributed by atoms with Crippen LogP contribution >= 0.6 is 0 Å². The zero-order chi connectivity index (χ0) is 25.0. The van der Waals surface area contributed by atoms with Crippen molar-refractivity contribution in [3.8, 4) is 11.5 Å². The third-order valence-corrected chi connectivity index (χ3v) is 7.64. The predicted octanol–water partition coefficient (Wildman–Crippen LogP) is 5.86. The number of aliphatic hydroxyl groups is 1. The van der Waals surface area contributed by atoms with Crippen LogP contribution in [0.3, 0.4) is 0 Å². The lowest BCUT2D eigenvalue weighted by atomic mass is 9.62. The van der Waals surface area contributed by atoms with Gasteiger partial charge in [0, 0.05) is 30.2 Å². The van der Waals surface area contributed by atoms with Gasteiger partial charge in [0.25, 0.3) is 0 Å². The lowest BCUT2D eigenvalue weighted by Gasteiger charge is -2.40. The number of phenolic OH excluding ortho intramolecular Hbond substituents is 1. The van der Waals surface area contributed by atoms with Gasteiger partial charge in [-0.05, 0) is 76.5 Å². The fraction of sp³-hybridized carbons (Fsp3) is 0.643. The van der Waals surface area contributed by atoms with E-state index in [2.05, 4.69) is 6.92 Å². The SMILES string of the molecule is COc1cc(C)c(O)c(C/C=C(\C)CC(=O)C[C@]2(C)CCC[C@]2(C)C(=O)CCC(C)(C)O)c1. The molecule has 2 N–H and O–H groups in total. The van der Waals surface area contributed by atoms with Crippen molar-refractivity contribution in [1.82, 2.24) is 0 Å². The van der Waals surface area contributed by atoms with E-state index in [9.17, 15) is 19.8 Å². The van der Waals surface area contributed by atoms with Gasteiger partial charge >= 0.3 is 0 Å². The number of ether oxygens (including phenoxy) is 1. The normalized spacial score (nSPS) is 23.6. The summed E-state index contributed by atoms with van der Waals surface area (Å²) in [5.41, 5.74) is 0.727. The Morgan fingerprint density at radius 3 is 2.48 bits per heavy atom. The molecule has 1 aliphatic rings. The highest BCUT2D eigenvalue weighted by Gasteiger charge is 2.53. The van der Waals surface area contributed by atoms with Gasteiger partial charge in [0.2, 0.25) is 0 Å². The van der Waals surface area contributed by atoms with Gasteiger partial charge in [-0.15, -0.1) is 0 Å². The van der Waals surface area contributed by atoms with Crippen LogP contribution in [-0.4, -0.2) is 34.5 Å². The number of aromatic hydroxyl groups is 1. The highest BCUT2D eigenvalue weighted by atomic mass is 16.5. The van der Waals surface area contributed by atoms with Crippen LogP contribution < -0.4 is 4.74 Å². The zero-order valence-electron chi connectivity index (χ0n) is 21.5. The number of carbonyl (C=O) groups is 2. The number of hydrogen-bond acceptors (Lipinski definition) is 5. The number of phenols is 1. The van der Waals surface area contributed by atoms with E-state index < -0.39 is 11.0 Å². The number of Topliss-reactive ketones (excluding diaryl/α,β-unsaturated/α-hetero) is 2. The molecule has 5 heteroatoms. The number of ketones is 2. The van der Waals surface area contributed by atoms with E-state index in [0.717, 1.165) is 36.0 Å². The second-order valence-electron chi connectivity index (χ2n) is 11.1. The summed E-state index contributed by atoms with van der Waals surface area (Å²) >= 11 is 0. The highest BCUT2D eigenvalue weighted by molar-refractivity contribution is 5.88. The lowest BCUT2D eigenvalue weighted by molar-refractivity contribution is -0.136. The van der Waals surface area contributed by atoms with Gasteiger partial charge in [-0.1, -0.05) is 31.9 Å². The minimum Gasteiger partial charge on any atom is -0.507 e. The fourth-order valence-corrected chi connectivity index (χ4v) is 5.12. The molecule has 33 heavy (non-hydrogen) atoms. The first kappa shape index (κ1) is 27.1. The summed E-state index contributed by atoms with van der Waals surface area (Å²) in [6.07, 6.45) is 6.60. The monoisotopic (exact) mass is 458 g/mol. The largest absolute Gasteiger partial charge is 0.507 e. The van der Waals surface area contributed by atoms with Crippen molar-refractivity contribution in [1.29, 1.82) is 0 Å². The lowest BCUT2D eigenvalue weighted by Crippen LogP contribution is -2.41. The van der Waals surface area contributed by atoms with Crippen LogP contribution in [0.1, 0.15) is 90.7 Å². The van der Waals surface area contributed by atoms with Crippen LogP contribution in [0.4, 0.5) is 0 Å². The average molecular weight is 459 g/mol. The maximum Gasteiger partial charge on any atom is 0.139 e. The minimum atomic E-state index is -0.867. The molecule has 1 saturated carbocycles. The minimum absolute atomic E-state index is 0.140. The number of benzene rings is 1. The highest BCUT2D eigenvalue weighted by Crippen LogP contribution is 2.56. The maximum atomic E-state index is 13.1. The van der Waals surface area contributed by atoms with Crippen LogP contribution in [0, 0.1) is 17.8 Å². The van der Waals surface area contributed by atoms with Crippen molar-refractivity contribution in [3.63, 3.8) is 0 Å². The summed E-state index contributed by atoms with van der Waals surface area (Å²) in [6.45, 7) is 11.3. The third-order valence-electron chi connectivity index (χ3n) is 7.64. The molecule has 5 nitrogen and oxygen atoms in total. The third kappa shape index (κ3) is 6.69. The van der Waals surface area contributed by atoms with Crippen molar-refractivity contribution in [2.45, 2.75) is 98.5 Å². The fourth-order valence-electron chi connectivity index (χ4n) is 5.12. The first-order valence-corrected chi connectivity index (χ1v) is 12.0. The van der Waals surface area contributed by atoms with Crippen LogP contribution in [0.25, 0.3) is 0 Å². The van der Waals surface area contributed by atoms with Crippen LogP contribution in [0.15, 0.2) is 23.8 Å². The molecule has 0 bridgehead atoms. The Balaban J connectivity index is 2.05. The van der Waals surface area contributed by atoms with Crippen molar-refractivity contribution in [3.05, 3.63) is 34.9 Å². The summed E-state index contributed by atoms with van der Waals surface area (Å²) in [5.74, 6) is 1.25. The predicted molar refractivity (Wildman–Crippen MR) is 132 cm³/mol. The van der Waals surface area contributed by atoms with Crippen molar-refractivity contribution in [2.75, 3.05) is 7.11 Å². The number of carbonyl (C=O) groups excluding carboxylic acids is 2. The van der Waals surface area contributed by atoms with E-state index in [1.54, 1.807) is 27.0 Å². The molecular weight excluding hydrogens is 416 g/mol. The molecule has 1 aliphatic carbocycles. The number of aryl methyl sites for hydroxylation is 1. The Morgan fingerprint density at radius 1 is 1.21 bits per heavy atom. The molecule has 1 aromatic carbocycles. The van der Waals surface area contributed by atoms with Crippen LogP contribution in [0.2, 0.25) is 0 Å². The van der Waals surface area contributed by atoms with Crippen molar-refractivity contribution >= 4 is 11.6 Å². The molecule has 1 aromatic rings. The topological polar surface area (TPSA) is 83.8 Å². The molecule has 0 spiro atoms. The van der Waals surface area contributed by atoms with Gasteiger partial charge < -0.3 is 14.9 Å². The van der Waals surface area contributed by atoms with Crippen molar-refractivity contribution in [2.24, 2.45) is 10.8 Å². The van der Waals surface area contributed by atoms with Gasteiger partial charge in [-0.25, -0.2) is 0 Å². The molecule has 0 radical (unpaired) electrons. The van der Waals surface area contributed by atoms with Crippen LogP contribution in [0.5, 0.6) is 11.5 Å². The zero-order valence-corrected chi connectivity index (χ0v) is 21.5. The van der Waals surface area contributed by atoms with E-state index in [1.807, 2.05) is 32.9 Å². The molecule has 184 valence electrons. The first-order valence-electron chi connectivity index (χ1n) is 12.0. The Hall–Kier alpha value is -2.14. The van der Waals surface area contributed by atoms with Crippen molar-refractivity contribution < 1.29 is 24.5 Å². The summed E-state index contributed by atoms with van der Waals surface area (Å²) in [4.78, 5) is 26.1. The number of hydrogen-bond donors (Lipinski definition) is 2. The van der Waals surface area contributed by atoms with E-state index in [0.29, 0.717) is 37.9 Å². The van der Waals surface area contributed by atoms with Gasteiger partial charge in [-0.2, -0.15) is 0 Å². The second-order valence-corrected chi connectivity index (χ2v) is 11.1. The molecule has 2 rings (SSSR count). The molecule has 0 aromatic heterocycles. The van der Waals surface area contributed by atoms with E-state index in [1.165, 1.54) is 0 Å². The van der Waals surface area contributed by atoms with E-state index in [-0.39, 0.29) is 22.7 Å². The Morgan fingerprint density at radius 2 is 1.88 bits per heavy atom. The Bertz CT molecular complexity index is 908. The number of rotatable bonds is 11. The number of allylic oxidation sites excluding steroid dienone is 2. The molecule has 1 fully saturated rings. The maximum absolute atomic E-state index is 13.1. The Kier molecular flexibility index (Phi) is 8.56. The standard InChI is InChI=1S/C28H42O5/c1-19(9-10-21-17-23(33-7)16-20(2)25(21)31)15-22(29)18-27(5)12-8-13-28(27,6)24(30)11-14-26(3,4)32/h9,16-17,31-32H,8,10-15,18H2,1-7H3/b19-9+/t27-,28+/m0/s1. The molecule has 0 amide bonds. The Labute approximate surface area is 199 Å². The molecule has 0 saturated heterocycles. The van der Waals surface area contributed by atoms with Crippen LogP contribution in [-0.2, 0) is 16.0 Å². The van der Waals surface area contributed by atoms with E-state index in [4.69, 9.17) is 4.74 Å². The smallest absolute Gasteiger partial charge is 0.139 e. The van der Waals surface area contributed by atoms with Gasteiger partial charge in [0.05, 0.1) is 12.7 Å². The quantitative estimate of drug-likeness (QED) is 0.406. The van der Waals surface area contributed by atoms with E-state index >= 15 is 0 Å². The number of methoxy groups -OCH3 is 1. The summed E-state index contributed by atoms with van der Waals surface area (Å²) in [5, 5.41) is 20.4. The average Bonchev–Trinajstić information content (AvgIpc) is 3.01. The summed E-state index contributed by atoms with van der Waals surface area (Å²) in [7, 11) is 1.60. The second kappa shape index (κ2) is 10.4. The van der Waals surface area contributed by atoms with Gasteiger partial charge in [0.15, 0.2) is 0 Å². The molecule has 2 atom stereocenters.